The van der Waals surface area contributed by atoms with Crippen molar-refractivity contribution >= 4 is 5.91 Å². The molecule has 0 unspecified atom stereocenters. The number of amides is 1. The molecule has 0 radical (unpaired) electrons. The van der Waals surface area contributed by atoms with E-state index in [4.69, 9.17) is 0 Å². The van der Waals surface area contributed by atoms with E-state index < -0.39 is 0 Å². The van der Waals surface area contributed by atoms with Crippen LogP contribution in [0.2, 0.25) is 0 Å². The highest BCUT2D eigenvalue weighted by atomic mass is 19.1. The van der Waals surface area contributed by atoms with Gasteiger partial charge in [0.15, 0.2) is 0 Å². The molecule has 0 aromatic heterocycles. The van der Waals surface area contributed by atoms with Crippen molar-refractivity contribution in [3.8, 4) is 0 Å². The molecule has 0 aliphatic heterocycles. The van der Waals surface area contributed by atoms with Gasteiger partial charge in [-0.3, -0.25) is 4.79 Å². The molecule has 1 aromatic carbocycles. The lowest BCUT2D eigenvalue weighted by Crippen LogP contribution is -2.27. The Kier molecular flexibility index (Phi) is 4.51. The van der Waals surface area contributed by atoms with Gasteiger partial charge < -0.3 is 5.32 Å². The molecule has 1 amide bonds. The number of nitrogens with one attached hydrogen (secondary N) is 1. The zero-order valence-electron chi connectivity index (χ0n) is 10.4. The van der Waals surface area contributed by atoms with E-state index in [2.05, 4.69) is 17.5 Å². The number of hydrogen-bond donors (Lipinski definition) is 1. The van der Waals surface area contributed by atoms with Gasteiger partial charge in [0.2, 0.25) is 5.91 Å². The predicted molar refractivity (Wildman–Crippen MR) is 69.6 cm³/mol. The van der Waals surface area contributed by atoms with Crippen LogP contribution >= 0.6 is 0 Å². The molecule has 96 valence electrons. The van der Waals surface area contributed by atoms with E-state index in [1.54, 1.807) is 12.1 Å². The summed E-state index contributed by atoms with van der Waals surface area (Å²) in [4.78, 5) is 11.6. The zero-order chi connectivity index (χ0) is 12.8. The molecule has 1 N–H and O–H groups in total. The van der Waals surface area contributed by atoms with Gasteiger partial charge in [0.05, 0.1) is 0 Å². The van der Waals surface area contributed by atoms with Crippen LogP contribution in [0.25, 0.3) is 0 Å². The Labute approximate surface area is 107 Å². The van der Waals surface area contributed by atoms with Crippen LogP contribution in [0.3, 0.4) is 0 Å². The highest BCUT2D eigenvalue weighted by Gasteiger charge is 2.13. The van der Waals surface area contributed by atoms with Crippen molar-refractivity contribution in [1.29, 1.82) is 0 Å². The largest absolute Gasteiger partial charge is 0.356 e. The minimum Gasteiger partial charge on any atom is -0.356 e. The van der Waals surface area contributed by atoms with Crippen LogP contribution in [0.1, 0.15) is 24.8 Å². The summed E-state index contributed by atoms with van der Waals surface area (Å²) in [6, 6.07) is 6.68. The third kappa shape index (κ3) is 3.69. The predicted octanol–water partition coefficient (Wildman–Crippen LogP) is 2.84. The van der Waals surface area contributed by atoms with Gasteiger partial charge in [-0.1, -0.05) is 30.4 Å². The lowest BCUT2D eigenvalue weighted by molar-refractivity contribution is -0.121. The standard InChI is InChI=1S/C15H18FNO/c16-14-8-4-3-7-13(14)9-10-17-15(18)11-12-5-1-2-6-12/h1,3-5,7-8,12H,2,6,9-11H2,(H,17,18)/t12-/m0/s1. The van der Waals surface area contributed by atoms with Crippen molar-refractivity contribution in [3.05, 3.63) is 47.8 Å². The average Bonchev–Trinajstić information content (AvgIpc) is 2.84. The summed E-state index contributed by atoms with van der Waals surface area (Å²) in [7, 11) is 0. The normalized spacial score (nSPS) is 17.9. The Morgan fingerprint density at radius 3 is 2.94 bits per heavy atom. The molecular formula is C15H18FNO. The van der Waals surface area contributed by atoms with Gasteiger partial charge in [0, 0.05) is 13.0 Å². The van der Waals surface area contributed by atoms with Crippen LogP contribution in [0.4, 0.5) is 4.39 Å². The Morgan fingerprint density at radius 1 is 1.39 bits per heavy atom. The number of rotatable bonds is 5. The summed E-state index contributed by atoms with van der Waals surface area (Å²) in [5.41, 5.74) is 0.651. The fourth-order valence-corrected chi connectivity index (χ4v) is 2.21. The molecule has 1 aliphatic rings. The quantitative estimate of drug-likeness (QED) is 0.796. The summed E-state index contributed by atoms with van der Waals surface area (Å²) in [5.74, 6) is 0.242. The van der Waals surface area contributed by atoms with Gasteiger partial charge >= 0.3 is 0 Å². The average molecular weight is 247 g/mol. The minimum atomic E-state index is -0.203. The van der Waals surface area contributed by atoms with Crippen LogP contribution < -0.4 is 5.32 Å². The summed E-state index contributed by atoms with van der Waals surface area (Å²) < 4.78 is 13.3. The highest BCUT2D eigenvalue weighted by Crippen LogP contribution is 2.19. The molecule has 1 aromatic rings. The van der Waals surface area contributed by atoms with E-state index in [1.807, 2.05) is 6.07 Å². The molecule has 2 rings (SSSR count). The topological polar surface area (TPSA) is 29.1 Å². The van der Waals surface area contributed by atoms with Crippen molar-refractivity contribution in [2.75, 3.05) is 6.54 Å². The van der Waals surface area contributed by atoms with Gasteiger partial charge in [-0.2, -0.15) is 0 Å². The first kappa shape index (κ1) is 12.8. The Hall–Kier alpha value is -1.64. The van der Waals surface area contributed by atoms with E-state index in [9.17, 15) is 9.18 Å². The molecule has 1 aliphatic carbocycles. The minimum absolute atomic E-state index is 0.0582. The molecule has 2 nitrogen and oxygen atoms in total. The molecule has 1 atom stereocenters. The third-order valence-electron chi connectivity index (χ3n) is 3.23. The molecule has 18 heavy (non-hydrogen) atoms. The first-order valence-electron chi connectivity index (χ1n) is 6.42. The number of carbonyl (C=O) groups excluding carboxylic acids is 1. The van der Waals surface area contributed by atoms with Gasteiger partial charge in [0.1, 0.15) is 5.82 Å². The fraction of sp³-hybridized carbons (Fsp3) is 0.400. The van der Waals surface area contributed by atoms with Crippen LogP contribution in [-0.2, 0) is 11.2 Å². The van der Waals surface area contributed by atoms with E-state index in [-0.39, 0.29) is 11.7 Å². The molecule has 0 bridgehead atoms. The molecule has 0 saturated carbocycles. The maximum Gasteiger partial charge on any atom is 0.220 e. The summed E-state index contributed by atoms with van der Waals surface area (Å²) in [6.07, 6.45) is 7.47. The number of allylic oxidation sites excluding steroid dienone is 2. The molecule has 0 fully saturated rings. The second-order valence-corrected chi connectivity index (χ2v) is 4.66. The van der Waals surface area contributed by atoms with Crippen molar-refractivity contribution in [1.82, 2.24) is 5.32 Å². The fourth-order valence-electron chi connectivity index (χ4n) is 2.21. The van der Waals surface area contributed by atoms with E-state index in [1.165, 1.54) is 6.07 Å². The first-order chi connectivity index (χ1) is 8.75. The Bertz CT molecular complexity index is 442. The summed E-state index contributed by atoms with van der Waals surface area (Å²) in [6.45, 7) is 0.496. The van der Waals surface area contributed by atoms with Crippen LogP contribution in [-0.4, -0.2) is 12.5 Å². The van der Waals surface area contributed by atoms with Crippen molar-refractivity contribution in [3.63, 3.8) is 0 Å². The Balaban J connectivity index is 1.70. The van der Waals surface area contributed by atoms with E-state index >= 15 is 0 Å². The molecule has 0 spiro atoms. The monoisotopic (exact) mass is 247 g/mol. The maximum atomic E-state index is 13.3. The van der Waals surface area contributed by atoms with Gasteiger partial charge in [0.25, 0.3) is 0 Å². The number of carbonyl (C=O) groups is 1. The second kappa shape index (κ2) is 6.34. The van der Waals surface area contributed by atoms with E-state index in [0.717, 1.165) is 12.8 Å². The van der Waals surface area contributed by atoms with Crippen molar-refractivity contribution in [2.45, 2.75) is 25.7 Å². The van der Waals surface area contributed by atoms with E-state index in [0.29, 0.717) is 30.9 Å². The number of hydrogen-bond acceptors (Lipinski definition) is 1. The first-order valence-corrected chi connectivity index (χ1v) is 6.42. The van der Waals surface area contributed by atoms with Crippen molar-refractivity contribution in [2.24, 2.45) is 5.92 Å². The smallest absolute Gasteiger partial charge is 0.220 e. The summed E-state index contributed by atoms with van der Waals surface area (Å²) in [5, 5.41) is 2.85. The maximum absolute atomic E-state index is 13.3. The molecule has 0 heterocycles. The van der Waals surface area contributed by atoms with Crippen LogP contribution in [0.15, 0.2) is 36.4 Å². The lowest BCUT2D eigenvalue weighted by Gasteiger charge is -2.09. The van der Waals surface area contributed by atoms with Crippen molar-refractivity contribution < 1.29 is 9.18 Å². The number of halogens is 1. The lowest BCUT2D eigenvalue weighted by atomic mass is 10.0. The molecular weight excluding hydrogens is 229 g/mol. The molecule has 0 saturated heterocycles. The second-order valence-electron chi connectivity index (χ2n) is 4.66. The highest BCUT2D eigenvalue weighted by molar-refractivity contribution is 5.76. The van der Waals surface area contributed by atoms with Gasteiger partial charge in [-0.05, 0) is 36.8 Å². The van der Waals surface area contributed by atoms with Crippen LogP contribution in [0.5, 0.6) is 0 Å². The number of benzene rings is 1. The molecule has 3 heteroatoms. The van der Waals surface area contributed by atoms with Gasteiger partial charge in [-0.25, -0.2) is 4.39 Å². The third-order valence-corrected chi connectivity index (χ3v) is 3.23. The zero-order valence-corrected chi connectivity index (χ0v) is 10.4. The SMILES string of the molecule is O=C(C[C@H]1C=CCC1)NCCc1ccccc1F. The van der Waals surface area contributed by atoms with Gasteiger partial charge in [-0.15, -0.1) is 0 Å². The van der Waals surface area contributed by atoms with Crippen LogP contribution in [0, 0.1) is 11.7 Å². The summed E-state index contributed by atoms with van der Waals surface area (Å²) >= 11 is 0. The Morgan fingerprint density at radius 2 is 2.22 bits per heavy atom.